The number of H-pyrrole nitrogens is 1. The summed E-state index contributed by atoms with van der Waals surface area (Å²) >= 11 is 7.67. The molecule has 8 heteroatoms. The third kappa shape index (κ3) is 3.50. The minimum Gasteiger partial charge on any atom is -0.383 e. The molecule has 3 N–H and O–H groups in total. The first-order chi connectivity index (χ1) is 14.1. The van der Waals surface area contributed by atoms with Gasteiger partial charge in [-0.15, -0.1) is 0 Å². The molecule has 0 radical (unpaired) electrons. The van der Waals surface area contributed by atoms with Crippen molar-refractivity contribution in [3.63, 3.8) is 0 Å². The topological polar surface area (TPSA) is 115 Å². The summed E-state index contributed by atoms with van der Waals surface area (Å²) in [5, 5.41) is 20.3. The summed E-state index contributed by atoms with van der Waals surface area (Å²) in [5.74, 6) is 1.28. The van der Waals surface area contributed by atoms with Gasteiger partial charge in [-0.25, -0.2) is 9.97 Å². The number of fused-ring (bicyclic) bond motifs is 1. The number of aromatic nitrogens is 3. The van der Waals surface area contributed by atoms with E-state index in [1.165, 1.54) is 11.8 Å². The van der Waals surface area contributed by atoms with Crippen LogP contribution in [-0.2, 0) is 5.75 Å². The van der Waals surface area contributed by atoms with E-state index in [1.807, 2.05) is 24.3 Å². The van der Waals surface area contributed by atoms with Gasteiger partial charge in [0.25, 0.3) is 0 Å². The highest BCUT2D eigenvalue weighted by molar-refractivity contribution is 7.98. The SMILES string of the molecule is N#Cc1c(N)nc(SCc2nc3ccccc3[nH]2)c(C#N)c1-c1ccccc1Cl. The fraction of sp³-hybridized carbons (Fsp3) is 0.0476. The molecule has 0 atom stereocenters. The highest BCUT2D eigenvalue weighted by Crippen LogP contribution is 2.39. The second-order valence-electron chi connectivity index (χ2n) is 6.12. The standard InChI is InChI=1S/C21H13ClN6S/c22-15-6-2-1-5-12(15)19-13(9-23)20(25)28-21(14(19)10-24)29-11-18-26-16-7-3-4-8-17(16)27-18/h1-8H,11H2,(H2,25,28)(H,26,27). The number of rotatable bonds is 4. The van der Waals surface area contributed by atoms with Gasteiger partial charge in [0.15, 0.2) is 0 Å². The molecule has 0 saturated carbocycles. The Bertz CT molecular complexity index is 1280. The van der Waals surface area contributed by atoms with Gasteiger partial charge in [-0.1, -0.05) is 53.7 Å². The number of benzene rings is 2. The number of para-hydroxylation sites is 2. The molecular weight excluding hydrogens is 404 g/mol. The third-order valence-electron chi connectivity index (χ3n) is 4.34. The lowest BCUT2D eigenvalue weighted by Gasteiger charge is -2.13. The van der Waals surface area contributed by atoms with Crippen LogP contribution in [0.2, 0.25) is 5.02 Å². The maximum Gasteiger partial charge on any atom is 0.143 e. The summed E-state index contributed by atoms with van der Waals surface area (Å²) in [6.07, 6.45) is 0. The number of hydrogen-bond donors (Lipinski definition) is 2. The number of halogens is 1. The number of nitrogens with two attached hydrogens (primary N) is 1. The van der Waals surface area contributed by atoms with E-state index in [0.29, 0.717) is 26.9 Å². The number of thioether (sulfide) groups is 1. The van der Waals surface area contributed by atoms with Crippen LogP contribution in [-0.4, -0.2) is 15.0 Å². The molecule has 0 fully saturated rings. The zero-order chi connectivity index (χ0) is 20.4. The number of nitrogens with zero attached hydrogens (tertiary/aromatic N) is 4. The lowest BCUT2D eigenvalue weighted by atomic mass is 9.97. The fourth-order valence-corrected chi connectivity index (χ4v) is 4.14. The Morgan fingerprint density at radius 3 is 2.45 bits per heavy atom. The first-order valence-electron chi connectivity index (χ1n) is 8.57. The van der Waals surface area contributed by atoms with Gasteiger partial charge in [0.1, 0.15) is 34.4 Å². The largest absolute Gasteiger partial charge is 0.383 e. The smallest absolute Gasteiger partial charge is 0.143 e. The van der Waals surface area contributed by atoms with Crippen LogP contribution in [0.15, 0.2) is 53.6 Å². The number of nitrogen functional groups attached to an aromatic ring is 1. The molecule has 2 heterocycles. The molecule has 0 aliphatic carbocycles. The molecular formula is C21H13ClN6S. The Morgan fingerprint density at radius 2 is 1.72 bits per heavy atom. The maximum atomic E-state index is 9.85. The molecule has 2 aromatic heterocycles. The second-order valence-corrected chi connectivity index (χ2v) is 7.49. The van der Waals surface area contributed by atoms with E-state index >= 15 is 0 Å². The first kappa shape index (κ1) is 18.8. The van der Waals surface area contributed by atoms with Gasteiger partial charge >= 0.3 is 0 Å². The summed E-state index contributed by atoms with van der Waals surface area (Å²) in [4.78, 5) is 12.1. The van der Waals surface area contributed by atoms with Crippen molar-refractivity contribution < 1.29 is 0 Å². The van der Waals surface area contributed by atoms with Crippen molar-refractivity contribution in [2.24, 2.45) is 0 Å². The van der Waals surface area contributed by atoms with Crippen molar-refractivity contribution in [3.8, 4) is 23.3 Å². The Morgan fingerprint density at radius 1 is 1.00 bits per heavy atom. The Kier molecular flexibility index (Phi) is 5.09. The molecule has 0 aliphatic heterocycles. The van der Waals surface area contributed by atoms with Crippen molar-refractivity contribution in [2.75, 3.05) is 5.73 Å². The van der Waals surface area contributed by atoms with E-state index in [-0.39, 0.29) is 16.9 Å². The van der Waals surface area contributed by atoms with Gasteiger partial charge in [0, 0.05) is 16.1 Å². The van der Waals surface area contributed by atoms with Crippen molar-refractivity contribution in [1.29, 1.82) is 10.5 Å². The van der Waals surface area contributed by atoms with Crippen LogP contribution in [0.3, 0.4) is 0 Å². The molecule has 140 valence electrons. The van der Waals surface area contributed by atoms with Crippen LogP contribution in [0, 0.1) is 22.7 Å². The molecule has 4 rings (SSSR count). The third-order valence-corrected chi connectivity index (χ3v) is 5.66. The zero-order valence-electron chi connectivity index (χ0n) is 15.0. The molecule has 0 amide bonds. The van der Waals surface area contributed by atoms with Crippen molar-refractivity contribution in [1.82, 2.24) is 15.0 Å². The summed E-state index contributed by atoms with van der Waals surface area (Å²) < 4.78 is 0. The van der Waals surface area contributed by atoms with Crippen LogP contribution in [0.1, 0.15) is 17.0 Å². The van der Waals surface area contributed by atoms with E-state index in [4.69, 9.17) is 17.3 Å². The van der Waals surface area contributed by atoms with Gasteiger partial charge in [0.05, 0.1) is 22.3 Å². The summed E-state index contributed by atoms with van der Waals surface area (Å²) in [6.45, 7) is 0. The average Bonchev–Trinajstić information content (AvgIpc) is 3.15. The van der Waals surface area contributed by atoms with E-state index in [1.54, 1.807) is 24.3 Å². The predicted molar refractivity (Wildman–Crippen MR) is 114 cm³/mol. The minimum atomic E-state index is 0.0634. The number of aromatic amines is 1. The van der Waals surface area contributed by atoms with E-state index < -0.39 is 0 Å². The number of pyridine rings is 1. The van der Waals surface area contributed by atoms with Gasteiger partial charge in [-0.3, -0.25) is 0 Å². The molecule has 0 spiro atoms. The van der Waals surface area contributed by atoms with Gasteiger partial charge < -0.3 is 10.7 Å². The first-order valence-corrected chi connectivity index (χ1v) is 9.93. The molecule has 29 heavy (non-hydrogen) atoms. The Labute approximate surface area is 176 Å². The maximum absolute atomic E-state index is 9.85. The molecule has 6 nitrogen and oxygen atoms in total. The molecule has 2 aromatic carbocycles. The number of nitriles is 2. The second kappa shape index (κ2) is 7.84. The Balaban J connectivity index is 1.79. The summed E-state index contributed by atoms with van der Waals surface area (Å²) in [5.41, 5.74) is 9.24. The van der Waals surface area contributed by atoms with Crippen molar-refractivity contribution in [3.05, 3.63) is 70.5 Å². The highest BCUT2D eigenvalue weighted by Gasteiger charge is 2.22. The molecule has 0 aliphatic rings. The van der Waals surface area contributed by atoms with Crippen LogP contribution >= 0.6 is 23.4 Å². The lowest BCUT2D eigenvalue weighted by molar-refractivity contribution is 1.09. The number of anilines is 1. The van der Waals surface area contributed by atoms with Crippen LogP contribution < -0.4 is 5.73 Å². The van der Waals surface area contributed by atoms with Gasteiger partial charge in [0.2, 0.25) is 0 Å². The normalized spacial score (nSPS) is 10.6. The minimum absolute atomic E-state index is 0.0634. The molecule has 0 bridgehead atoms. The lowest BCUT2D eigenvalue weighted by Crippen LogP contribution is -2.03. The number of imidazole rings is 1. The fourth-order valence-electron chi connectivity index (χ4n) is 3.05. The number of hydrogen-bond acceptors (Lipinski definition) is 6. The van der Waals surface area contributed by atoms with Gasteiger partial charge in [-0.2, -0.15) is 10.5 Å². The monoisotopic (exact) mass is 416 g/mol. The van der Waals surface area contributed by atoms with Gasteiger partial charge in [-0.05, 0) is 18.2 Å². The van der Waals surface area contributed by atoms with Crippen LogP contribution in [0.5, 0.6) is 0 Å². The Hall–Kier alpha value is -3.52. The van der Waals surface area contributed by atoms with Crippen LogP contribution in [0.25, 0.3) is 22.2 Å². The quantitative estimate of drug-likeness (QED) is 0.457. The summed E-state index contributed by atoms with van der Waals surface area (Å²) in [7, 11) is 0. The molecule has 0 saturated heterocycles. The number of nitrogens with one attached hydrogen (secondary N) is 1. The van der Waals surface area contributed by atoms with E-state index in [0.717, 1.165) is 16.9 Å². The van der Waals surface area contributed by atoms with Crippen molar-refractivity contribution in [2.45, 2.75) is 10.8 Å². The molecule has 4 aromatic rings. The average molecular weight is 417 g/mol. The van der Waals surface area contributed by atoms with Crippen molar-refractivity contribution >= 4 is 40.2 Å². The highest BCUT2D eigenvalue weighted by atomic mass is 35.5. The summed E-state index contributed by atoms with van der Waals surface area (Å²) in [6, 6.07) is 19.0. The zero-order valence-corrected chi connectivity index (χ0v) is 16.6. The van der Waals surface area contributed by atoms with Crippen LogP contribution in [0.4, 0.5) is 5.82 Å². The van der Waals surface area contributed by atoms with E-state index in [9.17, 15) is 10.5 Å². The van der Waals surface area contributed by atoms with E-state index in [2.05, 4.69) is 27.1 Å². The predicted octanol–water partition coefficient (Wildman–Crippen LogP) is 4.90. The molecule has 0 unspecified atom stereocenters.